The summed E-state index contributed by atoms with van der Waals surface area (Å²) in [6, 6.07) is 17.2. The summed E-state index contributed by atoms with van der Waals surface area (Å²) >= 11 is 0. The maximum atomic E-state index is 13.1. The molecule has 2 atom stereocenters. The molecule has 4 heteroatoms. The molecule has 2 aromatic rings. The highest BCUT2D eigenvalue weighted by Gasteiger charge is 2.27. The highest BCUT2D eigenvalue weighted by molar-refractivity contribution is 5.88. The van der Waals surface area contributed by atoms with Crippen molar-refractivity contribution in [2.45, 2.75) is 59.2 Å². The number of carbonyl (C=O) groups excluding carboxylic acids is 2. The lowest BCUT2D eigenvalue weighted by Gasteiger charge is -2.30. The quantitative estimate of drug-likeness (QED) is 0.771. The Morgan fingerprint density at radius 3 is 2.26 bits per heavy atom. The first-order valence-electron chi connectivity index (χ1n) is 9.60. The summed E-state index contributed by atoms with van der Waals surface area (Å²) in [5.41, 5.74) is 3.12. The summed E-state index contributed by atoms with van der Waals surface area (Å²) in [6.07, 6.45) is 1.14. The van der Waals surface area contributed by atoms with Gasteiger partial charge >= 0.3 is 0 Å². The van der Waals surface area contributed by atoms with E-state index in [0.717, 1.165) is 23.1 Å². The summed E-state index contributed by atoms with van der Waals surface area (Å²) in [4.78, 5) is 27.4. The van der Waals surface area contributed by atoms with Crippen molar-refractivity contribution in [3.05, 3.63) is 71.3 Å². The molecular formula is C23H30N2O2. The van der Waals surface area contributed by atoms with E-state index in [1.165, 1.54) is 0 Å². The normalized spacial score (nSPS) is 12.9. The van der Waals surface area contributed by atoms with Gasteiger partial charge in [0.2, 0.25) is 11.8 Å². The number of carbonyl (C=O) groups is 2. The fraction of sp³-hybridized carbons (Fsp3) is 0.391. The van der Waals surface area contributed by atoms with Crippen molar-refractivity contribution in [1.82, 2.24) is 10.2 Å². The molecule has 0 heterocycles. The molecule has 0 aromatic heterocycles. The minimum Gasteiger partial charge on any atom is -0.352 e. The number of rotatable bonds is 8. The van der Waals surface area contributed by atoms with Crippen molar-refractivity contribution in [1.29, 1.82) is 0 Å². The van der Waals surface area contributed by atoms with E-state index in [9.17, 15) is 9.59 Å². The summed E-state index contributed by atoms with van der Waals surface area (Å²) in [5.74, 6) is -0.157. The van der Waals surface area contributed by atoms with E-state index in [-0.39, 0.29) is 24.3 Å². The Kier molecular flexibility index (Phi) is 7.59. The van der Waals surface area contributed by atoms with Crippen LogP contribution in [0.25, 0.3) is 0 Å². The number of hydrogen-bond acceptors (Lipinski definition) is 2. The molecule has 0 aliphatic rings. The molecule has 0 unspecified atom stereocenters. The van der Waals surface area contributed by atoms with E-state index < -0.39 is 6.04 Å². The van der Waals surface area contributed by atoms with Gasteiger partial charge in [0, 0.05) is 12.6 Å². The van der Waals surface area contributed by atoms with Crippen LogP contribution < -0.4 is 5.32 Å². The standard InChI is InChI=1S/C23H30N2O2/c1-5-18(3)24-23(27)19(4)25(16-21-14-10-9-11-17(21)2)22(26)15-20-12-7-6-8-13-20/h6-14,18-19H,5,15-16H2,1-4H3,(H,24,27)/t18-,19-/m0/s1. The molecule has 0 bridgehead atoms. The van der Waals surface area contributed by atoms with Crippen LogP contribution in [0.3, 0.4) is 0 Å². The Morgan fingerprint density at radius 2 is 1.63 bits per heavy atom. The summed E-state index contributed by atoms with van der Waals surface area (Å²) < 4.78 is 0. The molecule has 2 aromatic carbocycles. The predicted molar refractivity (Wildman–Crippen MR) is 109 cm³/mol. The maximum Gasteiger partial charge on any atom is 0.242 e. The largest absolute Gasteiger partial charge is 0.352 e. The molecule has 1 N–H and O–H groups in total. The van der Waals surface area contributed by atoms with Gasteiger partial charge in [0.1, 0.15) is 6.04 Å². The number of nitrogens with one attached hydrogen (secondary N) is 1. The van der Waals surface area contributed by atoms with Gasteiger partial charge in [-0.1, -0.05) is 61.5 Å². The molecule has 0 spiro atoms. The van der Waals surface area contributed by atoms with E-state index in [4.69, 9.17) is 0 Å². The van der Waals surface area contributed by atoms with Gasteiger partial charge in [-0.05, 0) is 43.9 Å². The van der Waals surface area contributed by atoms with E-state index in [1.54, 1.807) is 11.8 Å². The van der Waals surface area contributed by atoms with Crippen molar-refractivity contribution in [3.63, 3.8) is 0 Å². The van der Waals surface area contributed by atoms with Crippen molar-refractivity contribution < 1.29 is 9.59 Å². The molecule has 2 amide bonds. The average Bonchev–Trinajstić information content (AvgIpc) is 2.67. The van der Waals surface area contributed by atoms with Gasteiger partial charge in [0.05, 0.1) is 6.42 Å². The van der Waals surface area contributed by atoms with Gasteiger partial charge < -0.3 is 10.2 Å². The van der Waals surface area contributed by atoms with Gasteiger partial charge in [-0.3, -0.25) is 9.59 Å². The van der Waals surface area contributed by atoms with Crippen molar-refractivity contribution in [3.8, 4) is 0 Å². The predicted octanol–water partition coefficient (Wildman–Crippen LogP) is 3.87. The number of amides is 2. The highest BCUT2D eigenvalue weighted by atomic mass is 16.2. The first-order chi connectivity index (χ1) is 12.9. The molecule has 4 nitrogen and oxygen atoms in total. The first kappa shape index (κ1) is 20.7. The number of nitrogens with zero attached hydrogens (tertiary/aromatic N) is 1. The fourth-order valence-electron chi connectivity index (χ4n) is 2.89. The van der Waals surface area contributed by atoms with Crippen LogP contribution in [0.1, 0.15) is 43.9 Å². The Bertz CT molecular complexity index is 758. The molecular weight excluding hydrogens is 336 g/mol. The molecule has 0 fully saturated rings. The van der Waals surface area contributed by atoms with E-state index in [2.05, 4.69) is 5.32 Å². The van der Waals surface area contributed by atoms with Gasteiger partial charge in [-0.15, -0.1) is 0 Å². The first-order valence-corrected chi connectivity index (χ1v) is 9.60. The molecule has 2 rings (SSSR count). The van der Waals surface area contributed by atoms with Crippen LogP contribution in [0.15, 0.2) is 54.6 Å². The molecule has 0 saturated heterocycles. The van der Waals surface area contributed by atoms with Crippen molar-refractivity contribution in [2.24, 2.45) is 0 Å². The second kappa shape index (κ2) is 9.91. The third kappa shape index (κ3) is 5.95. The van der Waals surface area contributed by atoms with Gasteiger partial charge in [0.15, 0.2) is 0 Å². The summed E-state index contributed by atoms with van der Waals surface area (Å²) in [7, 11) is 0. The highest BCUT2D eigenvalue weighted by Crippen LogP contribution is 2.15. The van der Waals surface area contributed by atoms with Crippen LogP contribution in [-0.2, 0) is 22.6 Å². The number of benzene rings is 2. The lowest BCUT2D eigenvalue weighted by atomic mass is 10.1. The lowest BCUT2D eigenvalue weighted by Crippen LogP contribution is -2.50. The zero-order valence-electron chi connectivity index (χ0n) is 16.7. The number of hydrogen-bond donors (Lipinski definition) is 1. The third-order valence-corrected chi connectivity index (χ3v) is 4.97. The summed E-state index contributed by atoms with van der Waals surface area (Å²) in [5, 5.41) is 3.00. The van der Waals surface area contributed by atoms with Crippen molar-refractivity contribution >= 4 is 11.8 Å². The van der Waals surface area contributed by atoms with Crippen LogP contribution in [-0.4, -0.2) is 28.8 Å². The molecule has 144 valence electrons. The maximum absolute atomic E-state index is 13.1. The topological polar surface area (TPSA) is 49.4 Å². The molecule has 0 radical (unpaired) electrons. The fourth-order valence-corrected chi connectivity index (χ4v) is 2.89. The molecule has 0 aliphatic carbocycles. The van der Waals surface area contributed by atoms with Gasteiger partial charge in [-0.2, -0.15) is 0 Å². The number of aryl methyl sites for hydroxylation is 1. The van der Waals surface area contributed by atoms with Crippen LogP contribution in [0.2, 0.25) is 0 Å². The molecule has 0 aliphatic heterocycles. The Balaban J connectivity index is 2.22. The summed E-state index contributed by atoms with van der Waals surface area (Å²) in [6.45, 7) is 8.26. The molecule has 0 saturated carbocycles. The van der Waals surface area contributed by atoms with Gasteiger partial charge in [-0.25, -0.2) is 0 Å². The Hall–Kier alpha value is -2.62. The second-order valence-electron chi connectivity index (χ2n) is 7.10. The Labute approximate surface area is 162 Å². The second-order valence-corrected chi connectivity index (χ2v) is 7.10. The van der Waals surface area contributed by atoms with Crippen molar-refractivity contribution in [2.75, 3.05) is 0 Å². The minimum atomic E-state index is -0.533. The average molecular weight is 367 g/mol. The minimum absolute atomic E-state index is 0.0451. The SMILES string of the molecule is CC[C@H](C)NC(=O)[C@H](C)N(Cc1ccccc1C)C(=O)Cc1ccccc1. The van der Waals surface area contributed by atoms with Crippen LogP contribution >= 0.6 is 0 Å². The zero-order chi connectivity index (χ0) is 19.8. The smallest absolute Gasteiger partial charge is 0.242 e. The molecule has 27 heavy (non-hydrogen) atoms. The third-order valence-electron chi connectivity index (χ3n) is 4.97. The van der Waals surface area contributed by atoms with E-state index in [0.29, 0.717) is 6.54 Å². The lowest BCUT2D eigenvalue weighted by molar-refractivity contribution is -0.140. The van der Waals surface area contributed by atoms with E-state index >= 15 is 0 Å². The monoisotopic (exact) mass is 366 g/mol. The van der Waals surface area contributed by atoms with Crippen LogP contribution in [0.5, 0.6) is 0 Å². The van der Waals surface area contributed by atoms with Crippen LogP contribution in [0.4, 0.5) is 0 Å². The van der Waals surface area contributed by atoms with Crippen LogP contribution in [0, 0.1) is 6.92 Å². The zero-order valence-corrected chi connectivity index (χ0v) is 16.7. The van der Waals surface area contributed by atoms with Gasteiger partial charge in [0.25, 0.3) is 0 Å². The van der Waals surface area contributed by atoms with E-state index in [1.807, 2.05) is 75.4 Å². The Morgan fingerprint density at radius 1 is 1.00 bits per heavy atom.